The Morgan fingerprint density at radius 3 is 1.91 bits per heavy atom. The van der Waals surface area contributed by atoms with Gasteiger partial charge in [-0.15, -0.1) is 0 Å². The van der Waals surface area contributed by atoms with Crippen molar-refractivity contribution in [2.24, 2.45) is 7.05 Å². The van der Waals surface area contributed by atoms with Gasteiger partial charge in [0, 0.05) is 12.6 Å². The van der Waals surface area contributed by atoms with Gasteiger partial charge in [0.15, 0.2) is 11.5 Å². The van der Waals surface area contributed by atoms with Gasteiger partial charge < -0.3 is 0 Å². The molecular formula is C38H28N4O. The van der Waals surface area contributed by atoms with E-state index >= 15 is 0 Å². The van der Waals surface area contributed by atoms with Crippen LogP contribution in [0.4, 0.5) is 0 Å². The summed E-state index contributed by atoms with van der Waals surface area (Å²) in [7, 11) is 1.78. The molecule has 0 amide bonds. The summed E-state index contributed by atoms with van der Waals surface area (Å²) in [5.41, 5.74) is 5.59. The lowest BCUT2D eigenvalue weighted by Crippen LogP contribution is -2.25. The molecule has 0 N–H and O–H groups in total. The fourth-order valence-electron chi connectivity index (χ4n) is 6.51. The third-order valence-corrected chi connectivity index (χ3v) is 8.70. The van der Waals surface area contributed by atoms with Gasteiger partial charge in [-0.3, -0.25) is 9.13 Å². The molecular weight excluding hydrogens is 528 g/mol. The molecule has 5 heteroatoms. The lowest BCUT2D eigenvalue weighted by Gasteiger charge is -2.17. The predicted octanol–water partition coefficient (Wildman–Crippen LogP) is 8.53. The fraction of sp³-hybridized carbons (Fsp3) is 0.0789. The molecule has 0 fully saturated rings. The van der Waals surface area contributed by atoms with Gasteiger partial charge in [0.1, 0.15) is 5.52 Å². The van der Waals surface area contributed by atoms with E-state index in [9.17, 15) is 4.79 Å². The third kappa shape index (κ3) is 3.89. The highest BCUT2D eigenvalue weighted by atomic mass is 16.1. The van der Waals surface area contributed by atoms with E-state index in [0.29, 0.717) is 17.0 Å². The summed E-state index contributed by atoms with van der Waals surface area (Å²) in [5.74, 6) is 0.601. The van der Waals surface area contributed by atoms with E-state index in [1.54, 1.807) is 22.4 Å². The fourth-order valence-corrected chi connectivity index (χ4v) is 6.51. The first-order chi connectivity index (χ1) is 21.1. The van der Waals surface area contributed by atoms with E-state index < -0.39 is 0 Å². The summed E-state index contributed by atoms with van der Waals surface area (Å²) in [4.78, 5) is 23.6. The molecule has 0 saturated carbocycles. The van der Waals surface area contributed by atoms with Crippen molar-refractivity contribution in [1.82, 2.24) is 19.1 Å². The summed E-state index contributed by atoms with van der Waals surface area (Å²) in [6, 6.07) is 42.0. The van der Waals surface area contributed by atoms with Crippen LogP contribution in [0.2, 0.25) is 0 Å². The number of rotatable bonds is 4. The van der Waals surface area contributed by atoms with Crippen molar-refractivity contribution in [3.05, 3.63) is 144 Å². The Bertz CT molecular complexity index is 2350. The van der Waals surface area contributed by atoms with Crippen LogP contribution in [-0.2, 0) is 7.05 Å². The van der Waals surface area contributed by atoms with E-state index in [2.05, 4.69) is 91.0 Å². The Kier molecular flexibility index (Phi) is 5.73. The monoisotopic (exact) mass is 556 g/mol. The average molecular weight is 557 g/mol. The van der Waals surface area contributed by atoms with Gasteiger partial charge in [-0.25, -0.2) is 14.8 Å². The largest absolute Gasteiger partial charge is 0.330 e. The van der Waals surface area contributed by atoms with Gasteiger partial charge >= 0.3 is 5.69 Å². The maximum absolute atomic E-state index is 13.5. The quantitative estimate of drug-likeness (QED) is 0.204. The van der Waals surface area contributed by atoms with Crippen LogP contribution in [0, 0.1) is 0 Å². The number of fused-ring (bicyclic) bond motifs is 4. The second-order valence-electron chi connectivity index (χ2n) is 11.1. The number of imidazole rings is 1. The minimum atomic E-state index is -0.191. The maximum Gasteiger partial charge on any atom is 0.330 e. The molecule has 0 spiro atoms. The SMILES string of the molecule is C[C@H](c1ccccc1)n1c(=O)n(C)c2cnc(-c3c4ccccc4c(-c4ccc5ccccc5c4)c4ccccc34)nc21. The van der Waals surface area contributed by atoms with Crippen LogP contribution >= 0.6 is 0 Å². The third-order valence-electron chi connectivity index (χ3n) is 8.70. The number of hydrogen-bond acceptors (Lipinski definition) is 3. The molecule has 0 radical (unpaired) electrons. The second kappa shape index (κ2) is 9.78. The van der Waals surface area contributed by atoms with Crippen molar-refractivity contribution in [2.45, 2.75) is 13.0 Å². The lowest BCUT2D eigenvalue weighted by atomic mass is 9.87. The van der Waals surface area contributed by atoms with Crippen LogP contribution in [0.3, 0.4) is 0 Å². The molecule has 0 aliphatic heterocycles. The maximum atomic E-state index is 13.5. The molecule has 5 nitrogen and oxygen atoms in total. The van der Waals surface area contributed by atoms with Crippen molar-refractivity contribution < 1.29 is 0 Å². The lowest BCUT2D eigenvalue weighted by molar-refractivity contribution is 0.613. The molecule has 43 heavy (non-hydrogen) atoms. The topological polar surface area (TPSA) is 52.7 Å². The first-order valence-corrected chi connectivity index (χ1v) is 14.5. The first-order valence-electron chi connectivity index (χ1n) is 14.5. The highest BCUT2D eigenvalue weighted by molar-refractivity contribution is 6.21. The molecule has 2 heterocycles. The number of aromatic nitrogens is 4. The van der Waals surface area contributed by atoms with E-state index in [1.807, 2.05) is 37.3 Å². The molecule has 8 aromatic rings. The molecule has 6 aromatic carbocycles. The van der Waals surface area contributed by atoms with E-state index in [4.69, 9.17) is 9.97 Å². The molecule has 0 aliphatic rings. The molecule has 0 saturated heterocycles. The van der Waals surface area contributed by atoms with Crippen molar-refractivity contribution >= 4 is 43.5 Å². The zero-order valence-corrected chi connectivity index (χ0v) is 23.9. The zero-order valence-electron chi connectivity index (χ0n) is 23.9. The minimum Gasteiger partial charge on any atom is -0.292 e. The highest BCUT2D eigenvalue weighted by Crippen LogP contribution is 2.43. The number of nitrogens with zero attached hydrogens (tertiary/aromatic N) is 4. The molecule has 0 bridgehead atoms. The molecule has 1 atom stereocenters. The smallest absolute Gasteiger partial charge is 0.292 e. The number of hydrogen-bond donors (Lipinski definition) is 0. The first kappa shape index (κ1) is 25.2. The Morgan fingerprint density at radius 1 is 0.651 bits per heavy atom. The van der Waals surface area contributed by atoms with Crippen LogP contribution in [-0.4, -0.2) is 19.1 Å². The van der Waals surface area contributed by atoms with Gasteiger partial charge in [-0.05, 0) is 62.0 Å². The van der Waals surface area contributed by atoms with Crippen LogP contribution in [0.1, 0.15) is 18.5 Å². The Morgan fingerprint density at radius 2 is 1.23 bits per heavy atom. The zero-order chi connectivity index (χ0) is 29.1. The van der Waals surface area contributed by atoms with Crippen LogP contribution in [0.25, 0.3) is 66.0 Å². The minimum absolute atomic E-state index is 0.112. The normalized spacial score (nSPS) is 12.4. The summed E-state index contributed by atoms with van der Waals surface area (Å²) in [5, 5.41) is 6.85. The average Bonchev–Trinajstić information content (AvgIpc) is 3.31. The van der Waals surface area contributed by atoms with E-state index in [1.165, 1.54) is 21.9 Å². The number of aryl methyl sites for hydroxylation is 1. The van der Waals surface area contributed by atoms with Gasteiger partial charge in [0.25, 0.3) is 0 Å². The molecule has 206 valence electrons. The second-order valence-corrected chi connectivity index (χ2v) is 11.1. The van der Waals surface area contributed by atoms with Crippen LogP contribution in [0.15, 0.2) is 132 Å². The van der Waals surface area contributed by atoms with Gasteiger partial charge in [-0.1, -0.05) is 115 Å². The molecule has 0 unspecified atom stereocenters. The summed E-state index contributed by atoms with van der Waals surface area (Å²) >= 11 is 0. The highest BCUT2D eigenvalue weighted by Gasteiger charge is 2.22. The van der Waals surface area contributed by atoms with E-state index in [0.717, 1.165) is 32.7 Å². The summed E-state index contributed by atoms with van der Waals surface area (Å²) in [6.07, 6.45) is 1.79. The number of benzene rings is 6. The van der Waals surface area contributed by atoms with Gasteiger partial charge in [-0.2, -0.15) is 0 Å². The Hall–Kier alpha value is -5.55. The van der Waals surface area contributed by atoms with Gasteiger partial charge in [0.05, 0.1) is 12.2 Å². The Balaban J connectivity index is 1.43. The molecule has 8 rings (SSSR count). The van der Waals surface area contributed by atoms with Crippen LogP contribution in [0.5, 0.6) is 0 Å². The summed E-state index contributed by atoms with van der Waals surface area (Å²) < 4.78 is 3.42. The standard InChI is InChI=1S/C38H28N4O/c1-24(25-12-4-3-5-13-25)42-37-33(41(2)38(42)43)23-39-36(40-37)35-31-18-10-8-16-29(31)34(30-17-9-11-19-32(30)35)28-21-20-26-14-6-7-15-27(26)22-28/h3-24H,1-2H3/t24-/m1/s1. The summed E-state index contributed by atoms with van der Waals surface area (Å²) in [6.45, 7) is 2.04. The molecule has 2 aromatic heterocycles. The van der Waals surface area contributed by atoms with Crippen molar-refractivity contribution in [1.29, 1.82) is 0 Å². The predicted molar refractivity (Wildman–Crippen MR) is 176 cm³/mol. The van der Waals surface area contributed by atoms with Crippen molar-refractivity contribution in [3.63, 3.8) is 0 Å². The van der Waals surface area contributed by atoms with Crippen molar-refractivity contribution in [2.75, 3.05) is 0 Å². The van der Waals surface area contributed by atoms with Crippen LogP contribution < -0.4 is 5.69 Å². The van der Waals surface area contributed by atoms with E-state index in [-0.39, 0.29) is 11.7 Å². The van der Waals surface area contributed by atoms with Crippen molar-refractivity contribution in [3.8, 4) is 22.5 Å². The molecule has 0 aliphatic carbocycles. The van der Waals surface area contributed by atoms with Gasteiger partial charge in [0.2, 0.25) is 0 Å². The Labute approximate surface area is 248 Å².